The zero-order valence-electron chi connectivity index (χ0n) is 13.0. The summed E-state index contributed by atoms with van der Waals surface area (Å²) < 4.78 is 5.51. The lowest BCUT2D eigenvalue weighted by Gasteiger charge is -2.10. The van der Waals surface area contributed by atoms with Crippen molar-refractivity contribution in [3.63, 3.8) is 0 Å². The van der Waals surface area contributed by atoms with Gasteiger partial charge in [0.15, 0.2) is 0 Å². The molecule has 1 aromatic heterocycles. The molecule has 2 aromatic rings. The average molecular weight is 334 g/mol. The normalized spacial score (nSPS) is 10.3. The molecule has 0 bridgehead atoms. The lowest BCUT2D eigenvalue weighted by molar-refractivity contribution is -0.120. The number of nitrogens with zero attached hydrogens (tertiary/aromatic N) is 1. The number of hydrogen-bond acceptors (Lipinski definition) is 5. The zero-order valence-corrected chi connectivity index (χ0v) is 13.8. The van der Waals surface area contributed by atoms with Crippen LogP contribution in [0.3, 0.4) is 0 Å². The Labute approximate surface area is 138 Å². The fourth-order valence-electron chi connectivity index (χ4n) is 2.07. The molecular weight excluding hydrogens is 316 g/mol. The number of thiazole rings is 1. The van der Waals surface area contributed by atoms with Gasteiger partial charge in [-0.25, -0.2) is 9.78 Å². The molecule has 0 radical (unpaired) electrons. The molecule has 0 spiro atoms. The summed E-state index contributed by atoms with van der Waals surface area (Å²) in [5, 5.41) is 12.3. The van der Waals surface area contributed by atoms with Crippen molar-refractivity contribution in [2.45, 2.75) is 26.8 Å². The second kappa shape index (κ2) is 7.73. The van der Waals surface area contributed by atoms with Crippen LogP contribution in [0.25, 0.3) is 0 Å². The summed E-state index contributed by atoms with van der Waals surface area (Å²) in [6, 6.07) is 7.51. The van der Waals surface area contributed by atoms with E-state index in [2.05, 4.69) is 10.3 Å². The van der Waals surface area contributed by atoms with Crippen LogP contribution >= 0.6 is 11.3 Å². The Kier molecular flexibility index (Phi) is 5.70. The second-order valence-electron chi connectivity index (χ2n) is 4.82. The minimum atomic E-state index is -1.02. The molecule has 23 heavy (non-hydrogen) atoms. The summed E-state index contributed by atoms with van der Waals surface area (Å²) in [5.74, 6) is -0.479. The SMILES string of the molecule is CCOc1ccccc1CNC(=O)Cc1nc(C)c(C(=O)O)s1. The number of para-hydroxylation sites is 1. The van der Waals surface area contributed by atoms with Gasteiger partial charge in [-0.2, -0.15) is 0 Å². The Balaban J connectivity index is 1.95. The monoisotopic (exact) mass is 334 g/mol. The Morgan fingerprint density at radius 3 is 2.74 bits per heavy atom. The number of carbonyl (C=O) groups is 2. The van der Waals surface area contributed by atoms with E-state index < -0.39 is 5.97 Å². The summed E-state index contributed by atoms with van der Waals surface area (Å²) in [7, 11) is 0. The van der Waals surface area contributed by atoms with Gasteiger partial charge in [0.1, 0.15) is 15.6 Å². The van der Waals surface area contributed by atoms with Gasteiger partial charge >= 0.3 is 5.97 Å². The van der Waals surface area contributed by atoms with Gasteiger partial charge in [-0.1, -0.05) is 18.2 Å². The van der Waals surface area contributed by atoms with E-state index >= 15 is 0 Å². The molecule has 0 saturated heterocycles. The minimum absolute atomic E-state index is 0.0651. The Morgan fingerprint density at radius 1 is 1.35 bits per heavy atom. The highest BCUT2D eigenvalue weighted by atomic mass is 32.1. The largest absolute Gasteiger partial charge is 0.494 e. The first kappa shape index (κ1) is 17.0. The first-order chi connectivity index (χ1) is 11.0. The van der Waals surface area contributed by atoms with E-state index in [1.54, 1.807) is 6.92 Å². The predicted molar refractivity (Wildman–Crippen MR) is 87.0 cm³/mol. The van der Waals surface area contributed by atoms with Crippen LogP contribution in [0, 0.1) is 6.92 Å². The first-order valence-corrected chi connectivity index (χ1v) is 8.00. The van der Waals surface area contributed by atoms with Gasteiger partial charge in [-0.3, -0.25) is 4.79 Å². The summed E-state index contributed by atoms with van der Waals surface area (Å²) in [6.07, 6.45) is 0.0651. The first-order valence-electron chi connectivity index (χ1n) is 7.18. The van der Waals surface area contributed by atoms with Crippen molar-refractivity contribution in [2.24, 2.45) is 0 Å². The molecule has 0 aliphatic carbocycles. The third-order valence-electron chi connectivity index (χ3n) is 3.10. The van der Waals surface area contributed by atoms with Crippen LogP contribution in [0.2, 0.25) is 0 Å². The number of aryl methyl sites for hydroxylation is 1. The molecule has 2 N–H and O–H groups in total. The lowest BCUT2D eigenvalue weighted by Crippen LogP contribution is -2.24. The number of aromatic carboxylic acids is 1. The maximum absolute atomic E-state index is 12.0. The van der Waals surface area contributed by atoms with E-state index in [4.69, 9.17) is 9.84 Å². The number of nitrogens with one attached hydrogen (secondary N) is 1. The number of hydrogen-bond donors (Lipinski definition) is 2. The average Bonchev–Trinajstić information content (AvgIpc) is 2.87. The molecule has 0 atom stereocenters. The molecular formula is C16H18N2O4S. The molecule has 6 nitrogen and oxygen atoms in total. The molecule has 0 saturated carbocycles. The number of carboxylic acid groups (broad SMARTS) is 1. The van der Waals surface area contributed by atoms with Gasteiger partial charge in [-0.05, 0) is 19.9 Å². The van der Waals surface area contributed by atoms with E-state index in [0.717, 1.165) is 22.6 Å². The third-order valence-corrected chi connectivity index (χ3v) is 4.24. The number of amides is 1. The number of aromatic nitrogens is 1. The van der Waals surface area contributed by atoms with Crippen molar-refractivity contribution in [1.82, 2.24) is 10.3 Å². The maximum atomic E-state index is 12.0. The lowest BCUT2D eigenvalue weighted by atomic mass is 10.2. The topological polar surface area (TPSA) is 88.5 Å². The van der Waals surface area contributed by atoms with Crippen molar-refractivity contribution < 1.29 is 19.4 Å². The van der Waals surface area contributed by atoms with Crippen LogP contribution < -0.4 is 10.1 Å². The van der Waals surface area contributed by atoms with Gasteiger partial charge in [0, 0.05) is 12.1 Å². The maximum Gasteiger partial charge on any atom is 0.347 e. The van der Waals surface area contributed by atoms with Gasteiger partial charge in [0.2, 0.25) is 5.91 Å². The summed E-state index contributed by atoms with van der Waals surface area (Å²) in [5.41, 5.74) is 1.33. The standard InChI is InChI=1S/C16H18N2O4S/c1-3-22-12-7-5-4-6-11(12)9-17-13(19)8-14-18-10(2)15(23-14)16(20)21/h4-7H,3,8-9H2,1-2H3,(H,17,19)(H,20,21). The molecule has 1 heterocycles. The minimum Gasteiger partial charge on any atom is -0.494 e. The summed E-state index contributed by atoms with van der Waals surface area (Å²) >= 11 is 1.03. The zero-order chi connectivity index (χ0) is 16.8. The van der Waals surface area contributed by atoms with Gasteiger partial charge < -0.3 is 15.2 Å². The quantitative estimate of drug-likeness (QED) is 0.812. The van der Waals surface area contributed by atoms with Crippen LogP contribution in [-0.4, -0.2) is 28.6 Å². The highest BCUT2D eigenvalue weighted by Gasteiger charge is 2.16. The number of benzene rings is 1. The van der Waals surface area contributed by atoms with Crippen LogP contribution in [-0.2, 0) is 17.8 Å². The Hall–Kier alpha value is -2.41. The second-order valence-corrected chi connectivity index (χ2v) is 5.91. The van der Waals surface area contributed by atoms with Crippen LogP contribution in [0.15, 0.2) is 24.3 Å². The highest BCUT2D eigenvalue weighted by Crippen LogP contribution is 2.19. The molecule has 0 unspecified atom stereocenters. The van der Waals surface area contributed by atoms with Crippen LogP contribution in [0.5, 0.6) is 5.75 Å². The van der Waals surface area contributed by atoms with E-state index in [9.17, 15) is 9.59 Å². The summed E-state index contributed by atoms with van der Waals surface area (Å²) in [4.78, 5) is 27.3. The van der Waals surface area contributed by atoms with Gasteiger partial charge in [-0.15, -0.1) is 11.3 Å². The highest BCUT2D eigenvalue weighted by molar-refractivity contribution is 7.13. The number of carbonyl (C=O) groups excluding carboxylic acids is 1. The molecule has 122 valence electrons. The van der Waals surface area contributed by atoms with E-state index in [-0.39, 0.29) is 17.2 Å². The van der Waals surface area contributed by atoms with Crippen molar-refractivity contribution >= 4 is 23.2 Å². The molecule has 2 rings (SSSR count). The molecule has 7 heteroatoms. The number of carboxylic acids is 1. The van der Waals surface area contributed by atoms with E-state index in [1.807, 2.05) is 31.2 Å². The Morgan fingerprint density at radius 2 is 2.09 bits per heavy atom. The smallest absolute Gasteiger partial charge is 0.347 e. The number of ether oxygens (including phenoxy) is 1. The van der Waals surface area contributed by atoms with Crippen LogP contribution in [0.1, 0.15) is 32.9 Å². The molecule has 0 aliphatic rings. The van der Waals surface area contributed by atoms with Gasteiger partial charge in [0.25, 0.3) is 0 Å². The molecule has 0 aliphatic heterocycles. The van der Waals surface area contributed by atoms with E-state index in [1.165, 1.54) is 0 Å². The van der Waals surface area contributed by atoms with Crippen molar-refractivity contribution in [1.29, 1.82) is 0 Å². The van der Waals surface area contributed by atoms with Crippen molar-refractivity contribution in [3.8, 4) is 5.75 Å². The predicted octanol–water partition coefficient (Wildman–Crippen LogP) is 2.41. The van der Waals surface area contributed by atoms with E-state index in [0.29, 0.717) is 23.9 Å². The number of rotatable bonds is 7. The fourth-order valence-corrected chi connectivity index (χ4v) is 2.97. The molecule has 1 amide bonds. The molecule has 1 aromatic carbocycles. The van der Waals surface area contributed by atoms with Crippen molar-refractivity contribution in [2.75, 3.05) is 6.61 Å². The van der Waals surface area contributed by atoms with Crippen LogP contribution in [0.4, 0.5) is 0 Å². The Bertz CT molecular complexity index is 712. The fraction of sp³-hybridized carbons (Fsp3) is 0.312. The summed E-state index contributed by atoms with van der Waals surface area (Å²) in [6.45, 7) is 4.44. The molecule has 0 fully saturated rings. The van der Waals surface area contributed by atoms with Crippen molar-refractivity contribution in [3.05, 3.63) is 45.4 Å². The third kappa shape index (κ3) is 4.53. The van der Waals surface area contributed by atoms with Gasteiger partial charge in [0.05, 0.1) is 18.7 Å².